The minimum Gasteiger partial charge on any atom is -0.493 e. The number of pyridine rings is 1. The predicted octanol–water partition coefficient (Wildman–Crippen LogP) is 4.44. The Hall–Kier alpha value is -2.14. The first-order chi connectivity index (χ1) is 11.3. The van der Waals surface area contributed by atoms with E-state index in [1.807, 2.05) is 12.1 Å². The minimum atomic E-state index is 0.0914. The van der Waals surface area contributed by atoms with Gasteiger partial charge >= 0.3 is 0 Å². The fraction of sp³-hybridized carbons (Fsp3) is 0.368. The van der Waals surface area contributed by atoms with Crippen LogP contribution in [0.15, 0.2) is 42.6 Å². The average Bonchev–Trinajstić information content (AvgIpc) is 2.54. The van der Waals surface area contributed by atoms with Crippen molar-refractivity contribution in [1.82, 2.24) is 10.3 Å². The number of hydrogen-bond donors (Lipinski definition) is 2. The molecule has 0 spiro atoms. The minimum absolute atomic E-state index is 0.0914. The highest BCUT2D eigenvalue weighted by atomic mass is 32.1. The predicted molar refractivity (Wildman–Crippen MR) is 104 cm³/mol. The topological polar surface area (TPSA) is 46.2 Å². The highest BCUT2D eigenvalue weighted by molar-refractivity contribution is 7.80. The first kappa shape index (κ1) is 18.2. The summed E-state index contributed by atoms with van der Waals surface area (Å²) in [4.78, 5) is 4.24. The Morgan fingerprint density at radius 1 is 1.17 bits per heavy atom. The van der Waals surface area contributed by atoms with Crippen molar-refractivity contribution >= 4 is 23.1 Å². The van der Waals surface area contributed by atoms with Crippen LogP contribution in [0, 0.1) is 0 Å². The Morgan fingerprint density at radius 2 is 1.83 bits per heavy atom. The number of methoxy groups -OCH3 is 1. The Balaban J connectivity index is 2.01. The number of rotatable bonds is 4. The summed E-state index contributed by atoms with van der Waals surface area (Å²) in [5.41, 5.74) is 2.65. The van der Waals surface area contributed by atoms with Crippen LogP contribution in [0.1, 0.15) is 44.9 Å². The normalized spacial score (nSPS) is 12.4. The summed E-state index contributed by atoms with van der Waals surface area (Å²) in [6.07, 6.45) is 1.70. The average molecular weight is 343 g/mol. The monoisotopic (exact) mass is 343 g/mol. The summed E-state index contributed by atoms with van der Waals surface area (Å²) >= 11 is 5.39. The third-order valence-corrected chi connectivity index (χ3v) is 4.07. The maximum absolute atomic E-state index is 5.39. The Labute approximate surface area is 149 Å². The largest absolute Gasteiger partial charge is 0.493 e. The van der Waals surface area contributed by atoms with E-state index in [4.69, 9.17) is 17.0 Å². The number of nitrogens with zero attached hydrogens (tertiary/aromatic N) is 1. The summed E-state index contributed by atoms with van der Waals surface area (Å²) in [7, 11) is 1.61. The van der Waals surface area contributed by atoms with Gasteiger partial charge in [0.2, 0.25) is 0 Å². The van der Waals surface area contributed by atoms with Crippen molar-refractivity contribution in [1.29, 1.82) is 0 Å². The Bertz CT molecular complexity index is 693. The standard InChI is InChI=1S/C19H25N3OS/c1-13(14-8-10-15(11-9-14)19(2,3)4)21-18(24)22-17-16(23-5)7-6-12-20-17/h6-13H,1-5H3,(H2,20,21,22,24). The van der Waals surface area contributed by atoms with Gasteiger partial charge in [0.1, 0.15) is 0 Å². The molecule has 0 saturated heterocycles. The van der Waals surface area contributed by atoms with E-state index in [2.05, 4.69) is 67.6 Å². The van der Waals surface area contributed by atoms with Crippen LogP contribution in [0.4, 0.5) is 5.82 Å². The molecular weight excluding hydrogens is 318 g/mol. The third-order valence-electron chi connectivity index (χ3n) is 3.85. The number of hydrogen-bond acceptors (Lipinski definition) is 3. The molecule has 1 heterocycles. The van der Waals surface area contributed by atoms with Gasteiger partial charge in [0, 0.05) is 6.20 Å². The summed E-state index contributed by atoms with van der Waals surface area (Å²) in [5, 5.41) is 6.87. The van der Waals surface area contributed by atoms with E-state index in [0.29, 0.717) is 16.7 Å². The molecule has 1 aromatic carbocycles. The van der Waals surface area contributed by atoms with Crippen LogP contribution < -0.4 is 15.4 Å². The van der Waals surface area contributed by atoms with E-state index >= 15 is 0 Å². The van der Waals surface area contributed by atoms with Gasteiger partial charge < -0.3 is 15.4 Å². The molecule has 1 atom stereocenters. The zero-order valence-electron chi connectivity index (χ0n) is 14.9. The van der Waals surface area contributed by atoms with Crippen LogP contribution in [0.25, 0.3) is 0 Å². The number of ether oxygens (including phenoxy) is 1. The number of aromatic nitrogens is 1. The Morgan fingerprint density at radius 3 is 2.42 bits per heavy atom. The van der Waals surface area contributed by atoms with Crippen LogP contribution in [-0.2, 0) is 5.41 Å². The molecule has 24 heavy (non-hydrogen) atoms. The van der Waals surface area contributed by atoms with Crippen molar-refractivity contribution in [2.24, 2.45) is 0 Å². The molecule has 0 amide bonds. The summed E-state index contributed by atoms with van der Waals surface area (Å²) < 4.78 is 5.27. The van der Waals surface area contributed by atoms with E-state index in [0.717, 1.165) is 0 Å². The lowest BCUT2D eigenvalue weighted by Crippen LogP contribution is -2.31. The molecule has 1 aromatic heterocycles. The van der Waals surface area contributed by atoms with E-state index in [9.17, 15) is 0 Å². The van der Waals surface area contributed by atoms with Gasteiger partial charge in [0.25, 0.3) is 0 Å². The van der Waals surface area contributed by atoms with Gasteiger partial charge in [-0.05, 0) is 47.8 Å². The molecule has 0 fully saturated rings. The van der Waals surface area contributed by atoms with Gasteiger partial charge in [0.05, 0.1) is 13.2 Å². The molecule has 1 unspecified atom stereocenters. The lowest BCUT2D eigenvalue weighted by molar-refractivity contribution is 0.415. The first-order valence-corrected chi connectivity index (χ1v) is 8.39. The van der Waals surface area contributed by atoms with Gasteiger partial charge in [-0.1, -0.05) is 45.0 Å². The molecule has 4 nitrogen and oxygen atoms in total. The highest BCUT2D eigenvalue weighted by Gasteiger charge is 2.14. The second-order valence-electron chi connectivity index (χ2n) is 6.75. The third kappa shape index (κ3) is 4.68. The van der Waals surface area contributed by atoms with Crippen LogP contribution in [0.3, 0.4) is 0 Å². The second-order valence-corrected chi connectivity index (χ2v) is 7.15. The van der Waals surface area contributed by atoms with Gasteiger partial charge in [-0.15, -0.1) is 0 Å². The van der Waals surface area contributed by atoms with Crippen molar-refractivity contribution in [2.45, 2.75) is 39.2 Å². The molecule has 0 aliphatic rings. The molecule has 0 radical (unpaired) electrons. The number of thiocarbonyl (C=S) groups is 1. The molecule has 2 N–H and O–H groups in total. The molecule has 2 rings (SSSR count). The van der Waals surface area contributed by atoms with E-state index < -0.39 is 0 Å². The van der Waals surface area contributed by atoms with E-state index in [-0.39, 0.29) is 11.5 Å². The Kier molecular flexibility index (Phi) is 5.78. The molecule has 128 valence electrons. The van der Waals surface area contributed by atoms with Gasteiger partial charge in [-0.2, -0.15) is 0 Å². The maximum Gasteiger partial charge on any atom is 0.174 e. The van der Waals surface area contributed by atoms with Gasteiger partial charge in [0.15, 0.2) is 16.7 Å². The molecular formula is C19H25N3OS. The number of benzene rings is 1. The lowest BCUT2D eigenvalue weighted by atomic mass is 9.86. The summed E-state index contributed by atoms with van der Waals surface area (Å²) in [6, 6.07) is 12.4. The van der Waals surface area contributed by atoms with Crippen molar-refractivity contribution in [3.63, 3.8) is 0 Å². The highest BCUT2D eigenvalue weighted by Crippen LogP contribution is 2.24. The molecule has 0 saturated carbocycles. The van der Waals surface area contributed by atoms with Crippen molar-refractivity contribution < 1.29 is 4.74 Å². The van der Waals surface area contributed by atoms with Crippen molar-refractivity contribution in [2.75, 3.05) is 12.4 Å². The van der Waals surface area contributed by atoms with Crippen molar-refractivity contribution in [3.8, 4) is 5.75 Å². The van der Waals surface area contributed by atoms with Crippen LogP contribution in [0.5, 0.6) is 5.75 Å². The first-order valence-electron chi connectivity index (χ1n) is 7.98. The van der Waals surface area contributed by atoms with Crippen molar-refractivity contribution in [3.05, 3.63) is 53.7 Å². The second kappa shape index (κ2) is 7.62. The molecule has 5 heteroatoms. The van der Waals surface area contributed by atoms with Crippen LogP contribution in [-0.4, -0.2) is 17.2 Å². The molecule has 0 aliphatic carbocycles. The quantitative estimate of drug-likeness (QED) is 0.804. The van der Waals surface area contributed by atoms with Crippen LogP contribution in [0.2, 0.25) is 0 Å². The molecule has 2 aromatic rings. The zero-order chi connectivity index (χ0) is 17.7. The SMILES string of the molecule is COc1cccnc1NC(=S)NC(C)c1ccc(C(C)(C)C)cc1. The van der Waals surface area contributed by atoms with E-state index in [1.54, 1.807) is 13.3 Å². The lowest BCUT2D eigenvalue weighted by Gasteiger charge is -2.21. The zero-order valence-corrected chi connectivity index (χ0v) is 15.7. The van der Waals surface area contributed by atoms with E-state index in [1.165, 1.54) is 11.1 Å². The van der Waals surface area contributed by atoms with Gasteiger partial charge in [-0.3, -0.25) is 0 Å². The fourth-order valence-corrected chi connectivity index (χ4v) is 2.62. The molecule has 0 bridgehead atoms. The maximum atomic E-state index is 5.39. The summed E-state index contributed by atoms with van der Waals surface area (Å²) in [6.45, 7) is 8.71. The molecule has 0 aliphatic heterocycles. The smallest absolute Gasteiger partial charge is 0.174 e. The van der Waals surface area contributed by atoms with Crippen LogP contribution >= 0.6 is 12.2 Å². The fourth-order valence-electron chi connectivity index (χ4n) is 2.34. The number of anilines is 1. The van der Waals surface area contributed by atoms with Gasteiger partial charge in [-0.25, -0.2) is 4.98 Å². The summed E-state index contributed by atoms with van der Waals surface area (Å²) in [5.74, 6) is 1.26. The number of nitrogens with one attached hydrogen (secondary N) is 2.